The first-order valence-corrected chi connectivity index (χ1v) is 7.78. The first-order valence-electron chi connectivity index (χ1n) is 6.01. The number of thioether (sulfide) groups is 1. The number of hydrogen-bond donors (Lipinski definition) is 0. The average Bonchev–Trinajstić information content (AvgIpc) is 2.44. The van der Waals surface area contributed by atoms with Gasteiger partial charge in [-0.15, -0.1) is 0 Å². The van der Waals surface area contributed by atoms with Gasteiger partial charge in [-0.1, -0.05) is 23.7 Å². The predicted octanol–water partition coefficient (Wildman–Crippen LogP) is 2.38. The van der Waals surface area contributed by atoms with Crippen molar-refractivity contribution in [1.82, 2.24) is 9.55 Å². The van der Waals surface area contributed by atoms with Crippen LogP contribution in [0.2, 0.25) is 5.15 Å². The van der Waals surface area contributed by atoms with Crippen LogP contribution < -0.4 is 5.49 Å². The van der Waals surface area contributed by atoms with E-state index in [0.717, 1.165) is 5.56 Å². The van der Waals surface area contributed by atoms with E-state index in [2.05, 4.69) is 9.98 Å². The summed E-state index contributed by atoms with van der Waals surface area (Å²) in [5.74, 6) is 0.254. The van der Waals surface area contributed by atoms with Crippen LogP contribution in [0.15, 0.2) is 47.7 Å². The molecule has 1 amide bonds. The zero-order valence-electron chi connectivity index (χ0n) is 11.0. The van der Waals surface area contributed by atoms with Gasteiger partial charge in [-0.05, 0) is 30.0 Å². The van der Waals surface area contributed by atoms with Crippen LogP contribution >= 0.6 is 23.4 Å². The molecule has 0 atom stereocenters. The Morgan fingerprint density at radius 2 is 2.25 bits per heavy atom. The molecule has 0 bridgehead atoms. The molecule has 4 nitrogen and oxygen atoms in total. The van der Waals surface area contributed by atoms with E-state index in [4.69, 9.17) is 11.6 Å². The highest BCUT2D eigenvalue weighted by molar-refractivity contribution is 7.99. The zero-order chi connectivity index (χ0) is 14.4. The number of hydrogen-bond acceptors (Lipinski definition) is 3. The third-order valence-electron chi connectivity index (χ3n) is 2.57. The fourth-order valence-electron chi connectivity index (χ4n) is 1.68. The Kier molecular flexibility index (Phi) is 5.38. The van der Waals surface area contributed by atoms with Crippen molar-refractivity contribution in [3.63, 3.8) is 0 Å². The number of halogens is 1. The van der Waals surface area contributed by atoms with Crippen molar-refractivity contribution in [1.29, 1.82) is 0 Å². The first kappa shape index (κ1) is 14.8. The second kappa shape index (κ2) is 7.26. The molecule has 0 aliphatic carbocycles. The van der Waals surface area contributed by atoms with E-state index in [0.29, 0.717) is 22.9 Å². The maximum absolute atomic E-state index is 11.6. The Balaban J connectivity index is 2.28. The van der Waals surface area contributed by atoms with Gasteiger partial charge in [0.15, 0.2) is 0 Å². The minimum Gasteiger partial charge on any atom is -0.328 e. The fourth-order valence-corrected chi connectivity index (χ4v) is 2.11. The SMILES string of the molecule is CSCC(=O)/N=c1\ccccn1Cc1ccc(Cl)nc1. The molecule has 0 aliphatic rings. The van der Waals surface area contributed by atoms with E-state index < -0.39 is 0 Å². The lowest BCUT2D eigenvalue weighted by Gasteiger charge is -2.07. The summed E-state index contributed by atoms with van der Waals surface area (Å²) in [6, 6.07) is 9.24. The summed E-state index contributed by atoms with van der Waals surface area (Å²) in [4.78, 5) is 19.8. The van der Waals surface area contributed by atoms with E-state index >= 15 is 0 Å². The fraction of sp³-hybridized carbons (Fsp3) is 0.214. The van der Waals surface area contributed by atoms with Gasteiger partial charge in [0.1, 0.15) is 10.6 Å². The van der Waals surface area contributed by atoms with Gasteiger partial charge in [-0.25, -0.2) is 4.98 Å². The molecule has 0 aliphatic heterocycles. The molecule has 2 aromatic rings. The number of nitrogens with zero attached hydrogens (tertiary/aromatic N) is 3. The van der Waals surface area contributed by atoms with Crippen LogP contribution in [-0.4, -0.2) is 27.5 Å². The number of carbonyl (C=O) groups excluding carboxylic acids is 1. The first-order chi connectivity index (χ1) is 9.69. The van der Waals surface area contributed by atoms with Gasteiger partial charge in [0.25, 0.3) is 5.91 Å². The molecular formula is C14H14ClN3OS. The highest BCUT2D eigenvalue weighted by Crippen LogP contribution is 2.06. The third-order valence-corrected chi connectivity index (χ3v) is 3.32. The molecular weight excluding hydrogens is 294 g/mol. The minimum atomic E-state index is -0.133. The van der Waals surface area contributed by atoms with Crippen LogP contribution in [0.25, 0.3) is 0 Å². The van der Waals surface area contributed by atoms with Gasteiger partial charge >= 0.3 is 0 Å². The molecule has 2 heterocycles. The highest BCUT2D eigenvalue weighted by atomic mass is 35.5. The molecule has 6 heteroatoms. The summed E-state index contributed by atoms with van der Waals surface area (Å²) in [6.07, 6.45) is 5.49. The lowest BCUT2D eigenvalue weighted by Crippen LogP contribution is -2.22. The van der Waals surface area contributed by atoms with Gasteiger partial charge in [-0.2, -0.15) is 16.8 Å². The van der Waals surface area contributed by atoms with Crippen molar-refractivity contribution in [2.24, 2.45) is 4.99 Å². The van der Waals surface area contributed by atoms with Crippen molar-refractivity contribution in [2.45, 2.75) is 6.54 Å². The molecule has 104 valence electrons. The summed E-state index contributed by atoms with van der Waals surface area (Å²) in [5.41, 5.74) is 1.64. The Morgan fingerprint density at radius 3 is 2.95 bits per heavy atom. The standard InChI is InChI=1S/C14H14ClN3OS/c1-20-10-14(19)17-13-4-2-3-7-18(13)9-11-5-6-12(15)16-8-11/h2-8H,9-10H2,1H3/b17-13+. The molecule has 0 aromatic carbocycles. The van der Waals surface area contributed by atoms with Crippen molar-refractivity contribution in [3.05, 3.63) is 58.9 Å². The Bertz CT molecular complexity index is 652. The summed E-state index contributed by atoms with van der Waals surface area (Å²) in [6.45, 7) is 0.594. The van der Waals surface area contributed by atoms with Crippen LogP contribution in [0, 0.1) is 0 Å². The van der Waals surface area contributed by atoms with Crippen LogP contribution in [0.1, 0.15) is 5.56 Å². The maximum Gasteiger partial charge on any atom is 0.257 e. The maximum atomic E-state index is 11.6. The topological polar surface area (TPSA) is 47.2 Å². The van der Waals surface area contributed by atoms with Crippen molar-refractivity contribution in [3.8, 4) is 0 Å². The van der Waals surface area contributed by atoms with E-state index in [1.54, 1.807) is 12.3 Å². The summed E-state index contributed by atoms with van der Waals surface area (Å²) >= 11 is 7.23. The van der Waals surface area contributed by atoms with Crippen LogP contribution in [-0.2, 0) is 11.3 Å². The monoisotopic (exact) mass is 307 g/mol. The molecule has 2 rings (SSSR count). The van der Waals surface area contributed by atoms with E-state index in [9.17, 15) is 4.79 Å². The highest BCUT2D eigenvalue weighted by Gasteiger charge is 2.00. The average molecular weight is 308 g/mol. The predicted molar refractivity (Wildman–Crippen MR) is 81.7 cm³/mol. The lowest BCUT2D eigenvalue weighted by molar-refractivity contribution is -0.115. The van der Waals surface area contributed by atoms with Gasteiger partial charge in [0.05, 0.1) is 12.3 Å². The Labute approximate surface area is 126 Å². The summed E-state index contributed by atoms with van der Waals surface area (Å²) < 4.78 is 1.91. The molecule has 2 aromatic heterocycles. The molecule has 0 saturated carbocycles. The van der Waals surface area contributed by atoms with Gasteiger partial charge in [-0.3, -0.25) is 4.79 Å². The Morgan fingerprint density at radius 1 is 1.40 bits per heavy atom. The summed E-state index contributed by atoms with van der Waals surface area (Å²) in [5, 5.41) is 0.465. The molecule has 0 fully saturated rings. The van der Waals surface area contributed by atoms with Crippen LogP contribution in [0.3, 0.4) is 0 Å². The largest absolute Gasteiger partial charge is 0.328 e. The smallest absolute Gasteiger partial charge is 0.257 e. The normalized spacial score (nSPS) is 11.6. The second-order valence-electron chi connectivity index (χ2n) is 4.11. The van der Waals surface area contributed by atoms with Gasteiger partial charge in [0, 0.05) is 12.4 Å². The number of amides is 1. The van der Waals surface area contributed by atoms with E-state index in [1.165, 1.54) is 11.8 Å². The van der Waals surface area contributed by atoms with E-state index in [-0.39, 0.29) is 5.91 Å². The summed E-state index contributed by atoms with van der Waals surface area (Å²) in [7, 11) is 0. The third kappa shape index (κ3) is 4.21. The van der Waals surface area contributed by atoms with Gasteiger partial charge < -0.3 is 4.57 Å². The second-order valence-corrected chi connectivity index (χ2v) is 5.37. The number of rotatable bonds is 4. The Hall–Kier alpha value is -1.59. The quantitative estimate of drug-likeness (QED) is 0.815. The van der Waals surface area contributed by atoms with Crippen molar-refractivity contribution < 1.29 is 4.79 Å². The zero-order valence-corrected chi connectivity index (χ0v) is 12.6. The number of carbonyl (C=O) groups is 1. The van der Waals surface area contributed by atoms with Crippen LogP contribution in [0.4, 0.5) is 0 Å². The molecule has 0 unspecified atom stereocenters. The number of pyridine rings is 2. The van der Waals surface area contributed by atoms with Crippen molar-refractivity contribution >= 4 is 29.3 Å². The molecule has 0 radical (unpaired) electrons. The van der Waals surface area contributed by atoms with Crippen LogP contribution in [0.5, 0.6) is 0 Å². The van der Waals surface area contributed by atoms with Gasteiger partial charge in [0.2, 0.25) is 0 Å². The molecule has 20 heavy (non-hydrogen) atoms. The molecule has 0 saturated heterocycles. The number of aromatic nitrogens is 2. The lowest BCUT2D eigenvalue weighted by atomic mass is 10.3. The van der Waals surface area contributed by atoms with E-state index in [1.807, 2.05) is 41.3 Å². The molecule has 0 spiro atoms. The minimum absolute atomic E-state index is 0.133. The molecule has 0 N–H and O–H groups in total. The van der Waals surface area contributed by atoms with Crippen molar-refractivity contribution in [2.75, 3.05) is 12.0 Å².